The Kier molecular flexibility index (Phi) is 6.88. The van der Waals surface area contributed by atoms with Gasteiger partial charge in [-0.15, -0.1) is 0 Å². The molecule has 0 fully saturated rings. The van der Waals surface area contributed by atoms with E-state index in [1.807, 2.05) is 31.2 Å². The van der Waals surface area contributed by atoms with Crippen LogP contribution in [0, 0.1) is 0 Å². The maximum absolute atomic E-state index is 12.7. The highest BCUT2D eigenvalue weighted by atomic mass is 16.5. The number of carbonyl (C=O) groups excluding carboxylic acids is 2. The zero-order valence-corrected chi connectivity index (χ0v) is 18.8. The number of hydrogen-bond acceptors (Lipinski definition) is 5. The van der Waals surface area contributed by atoms with Gasteiger partial charge in [0.05, 0.1) is 6.61 Å². The molecule has 1 aliphatic rings. The first-order valence-electron chi connectivity index (χ1n) is 11.1. The van der Waals surface area contributed by atoms with Crippen molar-refractivity contribution in [3.05, 3.63) is 83.2 Å². The van der Waals surface area contributed by atoms with Crippen LogP contribution in [0.1, 0.15) is 45.3 Å². The number of hydrogen-bond donors (Lipinski definition) is 2. The summed E-state index contributed by atoms with van der Waals surface area (Å²) in [5, 5.41) is 5.71. The molecule has 0 saturated heterocycles. The maximum atomic E-state index is 12.7. The Morgan fingerprint density at radius 3 is 2.48 bits per heavy atom. The quantitative estimate of drug-likeness (QED) is 0.575. The van der Waals surface area contributed by atoms with Crippen molar-refractivity contribution in [3.8, 4) is 17.2 Å². The predicted octanol–water partition coefficient (Wildman–Crippen LogP) is 3.92. The van der Waals surface area contributed by atoms with E-state index in [1.54, 1.807) is 37.5 Å². The van der Waals surface area contributed by atoms with Crippen molar-refractivity contribution in [1.82, 2.24) is 15.6 Å². The topological polar surface area (TPSA) is 89.6 Å². The Morgan fingerprint density at radius 1 is 0.970 bits per heavy atom. The number of nitrogens with zero attached hydrogens (tertiary/aromatic N) is 1. The Hall–Kier alpha value is -3.87. The molecule has 2 aromatic carbocycles. The highest BCUT2D eigenvalue weighted by Gasteiger charge is 2.21. The summed E-state index contributed by atoms with van der Waals surface area (Å²) in [5.74, 6) is 1.63. The van der Waals surface area contributed by atoms with Crippen LogP contribution in [0.3, 0.4) is 0 Å². The van der Waals surface area contributed by atoms with Gasteiger partial charge in [-0.05, 0) is 79.8 Å². The Labute approximate surface area is 193 Å². The molecule has 33 heavy (non-hydrogen) atoms. The largest absolute Gasteiger partial charge is 0.494 e. The lowest BCUT2D eigenvalue weighted by Gasteiger charge is -2.26. The van der Waals surface area contributed by atoms with Gasteiger partial charge < -0.3 is 20.1 Å². The van der Waals surface area contributed by atoms with Gasteiger partial charge in [-0.25, -0.2) is 0 Å². The molecule has 0 saturated carbocycles. The normalized spacial score (nSPS) is 14.7. The van der Waals surface area contributed by atoms with Crippen LogP contribution in [-0.4, -0.2) is 36.5 Å². The Morgan fingerprint density at radius 2 is 1.73 bits per heavy atom. The smallest absolute Gasteiger partial charge is 0.269 e. The summed E-state index contributed by atoms with van der Waals surface area (Å²) < 4.78 is 11.4. The van der Waals surface area contributed by atoms with Crippen LogP contribution >= 0.6 is 0 Å². The summed E-state index contributed by atoms with van der Waals surface area (Å²) >= 11 is 0. The van der Waals surface area contributed by atoms with Crippen LogP contribution in [0.4, 0.5) is 0 Å². The number of rotatable bonds is 7. The molecular weight excluding hydrogens is 418 g/mol. The Balaban J connectivity index is 1.42. The highest BCUT2D eigenvalue weighted by molar-refractivity contribution is 5.94. The van der Waals surface area contributed by atoms with Crippen molar-refractivity contribution in [3.63, 3.8) is 0 Å². The second-order valence-corrected chi connectivity index (χ2v) is 7.86. The summed E-state index contributed by atoms with van der Waals surface area (Å²) in [5.41, 5.74) is 3.32. The first-order valence-corrected chi connectivity index (χ1v) is 11.1. The number of amides is 2. The van der Waals surface area contributed by atoms with Crippen molar-refractivity contribution in [2.45, 2.75) is 32.2 Å². The number of aromatic nitrogens is 1. The van der Waals surface area contributed by atoms with Crippen molar-refractivity contribution in [2.75, 3.05) is 13.7 Å². The number of carbonyl (C=O) groups is 2. The van der Waals surface area contributed by atoms with Gasteiger partial charge >= 0.3 is 0 Å². The predicted molar refractivity (Wildman–Crippen MR) is 125 cm³/mol. The van der Waals surface area contributed by atoms with Crippen LogP contribution in [0.5, 0.6) is 17.2 Å². The van der Waals surface area contributed by atoms with Gasteiger partial charge in [0.2, 0.25) is 0 Å². The molecule has 170 valence electrons. The monoisotopic (exact) mass is 445 g/mol. The van der Waals surface area contributed by atoms with Gasteiger partial charge in [0, 0.05) is 30.9 Å². The zero-order chi connectivity index (χ0) is 23.2. The number of benzene rings is 2. The van der Waals surface area contributed by atoms with Gasteiger partial charge in [-0.2, -0.15) is 0 Å². The molecular formula is C26H27N3O4. The molecule has 4 rings (SSSR count). The fourth-order valence-electron chi connectivity index (χ4n) is 3.92. The second kappa shape index (κ2) is 10.2. The second-order valence-electron chi connectivity index (χ2n) is 7.86. The molecule has 1 unspecified atom stereocenters. The molecule has 2 N–H and O–H groups in total. The van der Waals surface area contributed by atoms with Crippen molar-refractivity contribution >= 4 is 11.8 Å². The van der Waals surface area contributed by atoms with Crippen LogP contribution in [-0.2, 0) is 12.8 Å². The van der Waals surface area contributed by atoms with E-state index in [-0.39, 0.29) is 17.9 Å². The molecule has 1 heterocycles. The van der Waals surface area contributed by atoms with Crippen LogP contribution in [0.2, 0.25) is 0 Å². The van der Waals surface area contributed by atoms with Crippen LogP contribution < -0.4 is 20.1 Å². The van der Waals surface area contributed by atoms with Crippen LogP contribution in [0.25, 0.3) is 0 Å². The average Bonchev–Trinajstić information content (AvgIpc) is 2.84. The van der Waals surface area contributed by atoms with E-state index in [9.17, 15) is 9.59 Å². The zero-order valence-electron chi connectivity index (χ0n) is 18.8. The molecule has 2 amide bonds. The lowest BCUT2D eigenvalue weighted by Crippen LogP contribution is -2.38. The number of nitrogens with one attached hydrogen (secondary N) is 2. The van der Waals surface area contributed by atoms with Crippen LogP contribution in [0.15, 0.2) is 60.8 Å². The third-order valence-corrected chi connectivity index (χ3v) is 5.60. The third-order valence-electron chi connectivity index (χ3n) is 5.60. The van der Waals surface area contributed by atoms with E-state index in [0.29, 0.717) is 29.4 Å². The minimum absolute atomic E-state index is 0.0487. The number of aryl methyl sites for hydroxylation is 1. The molecule has 0 aliphatic heterocycles. The maximum Gasteiger partial charge on any atom is 0.269 e. The molecule has 0 radical (unpaired) electrons. The molecule has 3 aromatic rings. The first kappa shape index (κ1) is 22.3. The van der Waals surface area contributed by atoms with E-state index in [2.05, 4.69) is 21.7 Å². The molecule has 7 heteroatoms. The van der Waals surface area contributed by atoms with Crippen molar-refractivity contribution in [1.29, 1.82) is 0 Å². The fraction of sp³-hybridized carbons (Fsp3) is 0.269. The first-order chi connectivity index (χ1) is 16.1. The van der Waals surface area contributed by atoms with Gasteiger partial charge in [0.15, 0.2) is 0 Å². The van der Waals surface area contributed by atoms with E-state index >= 15 is 0 Å². The number of fused-ring (bicyclic) bond motifs is 1. The number of ether oxygens (including phenoxy) is 2. The van der Waals surface area contributed by atoms with Crippen molar-refractivity contribution in [2.24, 2.45) is 0 Å². The Bertz CT molecular complexity index is 1140. The minimum atomic E-state index is -0.267. The minimum Gasteiger partial charge on any atom is -0.494 e. The van der Waals surface area contributed by atoms with E-state index < -0.39 is 0 Å². The third kappa shape index (κ3) is 5.49. The van der Waals surface area contributed by atoms with Gasteiger partial charge in [-0.3, -0.25) is 14.6 Å². The highest BCUT2D eigenvalue weighted by Crippen LogP contribution is 2.29. The summed E-state index contributed by atoms with van der Waals surface area (Å²) in [4.78, 5) is 28.6. The summed E-state index contributed by atoms with van der Waals surface area (Å²) in [6, 6.07) is 16.6. The number of pyridine rings is 1. The summed E-state index contributed by atoms with van der Waals surface area (Å²) in [6.45, 7) is 2.52. The van der Waals surface area contributed by atoms with E-state index in [1.165, 1.54) is 5.56 Å². The lowest BCUT2D eigenvalue weighted by atomic mass is 9.88. The fourth-order valence-corrected chi connectivity index (χ4v) is 3.92. The van der Waals surface area contributed by atoms with Gasteiger partial charge in [-0.1, -0.05) is 6.07 Å². The van der Waals surface area contributed by atoms with Gasteiger partial charge in [0.1, 0.15) is 22.9 Å². The molecule has 1 aromatic heterocycles. The summed E-state index contributed by atoms with van der Waals surface area (Å²) in [7, 11) is 1.56. The molecule has 0 bridgehead atoms. The molecule has 7 nitrogen and oxygen atoms in total. The molecule has 0 spiro atoms. The summed E-state index contributed by atoms with van der Waals surface area (Å²) in [6.07, 6.45) is 4.05. The average molecular weight is 446 g/mol. The lowest BCUT2D eigenvalue weighted by molar-refractivity contribution is 0.0931. The van der Waals surface area contributed by atoms with Crippen molar-refractivity contribution < 1.29 is 19.1 Å². The molecule has 1 atom stereocenters. The van der Waals surface area contributed by atoms with E-state index in [0.717, 1.165) is 30.6 Å². The van der Waals surface area contributed by atoms with Gasteiger partial charge in [0.25, 0.3) is 11.8 Å². The SMILES string of the molecule is CCOc1ccc(C(=O)NC2CCc3ccc(Oc4ccnc(C(=O)NC)c4)cc3C2)cc1. The molecule has 1 aliphatic carbocycles. The van der Waals surface area contributed by atoms with E-state index in [4.69, 9.17) is 9.47 Å². The standard InChI is InChI=1S/C26H27N3O4/c1-3-32-21-9-6-18(7-10-21)25(30)29-20-8-4-17-5-11-22(15-19(17)14-20)33-23-12-13-28-24(16-23)26(31)27-2/h5-7,9-13,15-16,20H,3-4,8,14H2,1-2H3,(H,27,31)(H,29,30).